The van der Waals surface area contributed by atoms with Crippen molar-refractivity contribution in [2.45, 2.75) is 17.6 Å². The van der Waals surface area contributed by atoms with Crippen LogP contribution in [-0.4, -0.2) is 14.2 Å². The molecular weight excluding hydrogens is 350 g/mol. The van der Waals surface area contributed by atoms with Crippen LogP contribution >= 0.6 is 27.7 Å². The topological polar surface area (TPSA) is 44.5 Å². The number of aryl methyl sites for hydroxylation is 1. The standard InChI is InChI=1S/C16H18BrNO2S/c1-10-6-14(19-2)15(20-3)7-11(10)9-21-16-8-12(17)4-5-13(16)18/h4-8H,9,18H2,1-3H3. The summed E-state index contributed by atoms with van der Waals surface area (Å²) in [5.74, 6) is 2.33. The highest BCUT2D eigenvalue weighted by molar-refractivity contribution is 9.10. The van der Waals surface area contributed by atoms with Crippen molar-refractivity contribution >= 4 is 33.4 Å². The van der Waals surface area contributed by atoms with Crippen LogP contribution in [0.2, 0.25) is 0 Å². The van der Waals surface area contributed by atoms with Crippen LogP contribution in [0.4, 0.5) is 5.69 Å². The first-order valence-electron chi connectivity index (χ1n) is 6.44. The summed E-state index contributed by atoms with van der Waals surface area (Å²) in [6.45, 7) is 2.07. The average Bonchev–Trinajstić information content (AvgIpc) is 2.48. The highest BCUT2D eigenvalue weighted by Crippen LogP contribution is 2.35. The highest BCUT2D eigenvalue weighted by Gasteiger charge is 2.10. The lowest BCUT2D eigenvalue weighted by Gasteiger charge is -2.13. The normalized spacial score (nSPS) is 10.5. The fraction of sp³-hybridized carbons (Fsp3) is 0.250. The Kier molecular flexibility index (Phi) is 5.42. The number of hydrogen-bond donors (Lipinski definition) is 1. The molecule has 0 bridgehead atoms. The van der Waals surface area contributed by atoms with Crippen LogP contribution in [0, 0.1) is 6.92 Å². The summed E-state index contributed by atoms with van der Waals surface area (Å²) in [5, 5.41) is 0. The minimum Gasteiger partial charge on any atom is -0.493 e. The molecule has 3 nitrogen and oxygen atoms in total. The molecule has 2 rings (SSSR count). The monoisotopic (exact) mass is 367 g/mol. The van der Waals surface area contributed by atoms with Crippen LogP contribution in [0.5, 0.6) is 11.5 Å². The van der Waals surface area contributed by atoms with Crippen LogP contribution in [0.1, 0.15) is 11.1 Å². The summed E-state index contributed by atoms with van der Waals surface area (Å²) in [6.07, 6.45) is 0. The number of methoxy groups -OCH3 is 2. The van der Waals surface area contributed by atoms with E-state index in [0.717, 1.165) is 32.3 Å². The van der Waals surface area contributed by atoms with E-state index in [1.807, 2.05) is 30.3 Å². The second-order valence-electron chi connectivity index (χ2n) is 4.60. The van der Waals surface area contributed by atoms with Gasteiger partial charge in [-0.25, -0.2) is 0 Å². The summed E-state index contributed by atoms with van der Waals surface area (Å²) in [7, 11) is 3.30. The van der Waals surface area contributed by atoms with Gasteiger partial charge in [0.1, 0.15) is 0 Å². The zero-order valence-corrected chi connectivity index (χ0v) is 14.7. The average molecular weight is 368 g/mol. The van der Waals surface area contributed by atoms with E-state index in [-0.39, 0.29) is 0 Å². The van der Waals surface area contributed by atoms with Crippen LogP contribution in [-0.2, 0) is 5.75 Å². The molecule has 2 N–H and O–H groups in total. The molecule has 0 saturated heterocycles. The summed E-state index contributed by atoms with van der Waals surface area (Å²) in [4.78, 5) is 1.07. The van der Waals surface area contributed by atoms with Crippen LogP contribution < -0.4 is 15.2 Å². The van der Waals surface area contributed by atoms with Gasteiger partial charge in [0.25, 0.3) is 0 Å². The van der Waals surface area contributed by atoms with Crippen molar-refractivity contribution in [1.29, 1.82) is 0 Å². The minimum atomic E-state index is 0.751. The Morgan fingerprint density at radius 3 is 2.43 bits per heavy atom. The quantitative estimate of drug-likeness (QED) is 0.616. The van der Waals surface area contributed by atoms with E-state index in [0.29, 0.717) is 0 Å². The second kappa shape index (κ2) is 7.09. The SMILES string of the molecule is COc1cc(C)c(CSc2cc(Br)ccc2N)cc1OC. The van der Waals surface area contributed by atoms with Gasteiger partial charge in [-0.2, -0.15) is 0 Å². The van der Waals surface area contributed by atoms with E-state index in [1.54, 1.807) is 26.0 Å². The van der Waals surface area contributed by atoms with Crippen LogP contribution in [0.3, 0.4) is 0 Å². The maximum Gasteiger partial charge on any atom is 0.161 e. The number of nitrogen functional groups attached to an aromatic ring is 1. The van der Waals surface area contributed by atoms with Crippen molar-refractivity contribution < 1.29 is 9.47 Å². The van der Waals surface area contributed by atoms with E-state index >= 15 is 0 Å². The summed E-state index contributed by atoms with van der Waals surface area (Å²) in [5.41, 5.74) is 9.18. The van der Waals surface area contributed by atoms with E-state index in [2.05, 4.69) is 22.9 Å². The molecule has 0 fully saturated rings. The van der Waals surface area contributed by atoms with E-state index in [1.165, 1.54) is 11.1 Å². The van der Waals surface area contributed by atoms with E-state index in [9.17, 15) is 0 Å². The zero-order valence-electron chi connectivity index (χ0n) is 12.3. The Balaban J connectivity index is 2.21. The van der Waals surface area contributed by atoms with Gasteiger partial charge >= 0.3 is 0 Å². The number of benzene rings is 2. The molecular formula is C16H18BrNO2S. The third kappa shape index (κ3) is 3.86. The zero-order chi connectivity index (χ0) is 15.4. The number of anilines is 1. The second-order valence-corrected chi connectivity index (χ2v) is 6.54. The minimum absolute atomic E-state index is 0.751. The molecule has 21 heavy (non-hydrogen) atoms. The van der Waals surface area contributed by atoms with Gasteiger partial charge < -0.3 is 15.2 Å². The molecule has 0 aliphatic heterocycles. The maximum absolute atomic E-state index is 6.01. The van der Waals surface area contributed by atoms with Crippen molar-refractivity contribution in [3.8, 4) is 11.5 Å². The van der Waals surface area contributed by atoms with Crippen molar-refractivity contribution in [1.82, 2.24) is 0 Å². The van der Waals surface area contributed by atoms with Crippen molar-refractivity contribution in [2.75, 3.05) is 20.0 Å². The van der Waals surface area contributed by atoms with Gasteiger partial charge in [-0.05, 0) is 48.4 Å². The first kappa shape index (κ1) is 16.0. The van der Waals surface area contributed by atoms with Crippen LogP contribution in [0.15, 0.2) is 39.7 Å². The van der Waals surface area contributed by atoms with Crippen LogP contribution in [0.25, 0.3) is 0 Å². The van der Waals surface area contributed by atoms with Gasteiger partial charge in [0, 0.05) is 20.8 Å². The number of hydrogen-bond acceptors (Lipinski definition) is 4. The molecule has 112 valence electrons. The number of rotatable bonds is 5. The molecule has 0 unspecified atom stereocenters. The van der Waals surface area contributed by atoms with Gasteiger partial charge in [-0.15, -0.1) is 11.8 Å². The maximum atomic E-state index is 6.01. The van der Waals surface area contributed by atoms with Gasteiger partial charge in [0.2, 0.25) is 0 Å². The number of nitrogens with two attached hydrogens (primary N) is 1. The molecule has 0 amide bonds. The Morgan fingerprint density at radius 1 is 1.10 bits per heavy atom. The highest BCUT2D eigenvalue weighted by atomic mass is 79.9. The predicted molar refractivity (Wildman–Crippen MR) is 92.4 cm³/mol. The number of ether oxygens (including phenoxy) is 2. The van der Waals surface area contributed by atoms with Crippen molar-refractivity contribution in [3.05, 3.63) is 45.9 Å². The third-order valence-electron chi connectivity index (χ3n) is 3.20. The van der Waals surface area contributed by atoms with Crippen molar-refractivity contribution in [2.24, 2.45) is 0 Å². The Morgan fingerprint density at radius 2 is 1.76 bits per heavy atom. The smallest absolute Gasteiger partial charge is 0.161 e. The fourth-order valence-electron chi connectivity index (χ4n) is 1.97. The predicted octanol–water partition coefficient (Wildman–Crippen LogP) is 4.65. The van der Waals surface area contributed by atoms with Gasteiger partial charge in [-0.1, -0.05) is 15.9 Å². The lowest BCUT2D eigenvalue weighted by molar-refractivity contribution is 0.354. The number of halogens is 1. The van der Waals surface area contributed by atoms with E-state index < -0.39 is 0 Å². The molecule has 0 atom stereocenters. The largest absolute Gasteiger partial charge is 0.493 e. The molecule has 2 aromatic carbocycles. The van der Waals surface area contributed by atoms with Gasteiger partial charge in [-0.3, -0.25) is 0 Å². The summed E-state index contributed by atoms with van der Waals surface area (Å²) in [6, 6.07) is 9.92. The molecule has 5 heteroatoms. The number of thioether (sulfide) groups is 1. The van der Waals surface area contributed by atoms with Gasteiger partial charge in [0.15, 0.2) is 11.5 Å². The Bertz CT molecular complexity index is 646. The Hall–Kier alpha value is -1.33. The fourth-order valence-corrected chi connectivity index (χ4v) is 3.55. The lowest BCUT2D eigenvalue weighted by atomic mass is 10.1. The first-order valence-corrected chi connectivity index (χ1v) is 8.22. The molecule has 0 aromatic heterocycles. The third-order valence-corrected chi connectivity index (χ3v) is 4.81. The molecule has 0 aliphatic carbocycles. The molecule has 2 aromatic rings. The molecule has 0 saturated carbocycles. The molecule has 0 spiro atoms. The molecule has 0 radical (unpaired) electrons. The lowest BCUT2D eigenvalue weighted by Crippen LogP contribution is -1.95. The van der Waals surface area contributed by atoms with E-state index in [4.69, 9.17) is 15.2 Å². The van der Waals surface area contributed by atoms with Crippen molar-refractivity contribution in [3.63, 3.8) is 0 Å². The molecule has 0 aliphatic rings. The summed E-state index contributed by atoms with van der Waals surface area (Å²) >= 11 is 5.18. The summed E-state index contributed by atoms with van der Waals surface area (Å²) < 4.78 is 11.7. The first-order chi connectivity index (χ1) is 10.0. The molecule has 0 heterocycles. The van der Waals surface area contributed by atoms with Gasteiger partial charge in [0.05, 0.1) is 14.2 Å². The Labute approximate surface area is 138 Å².